The number of nitrogens with zero attached hydrogens (tertiary/aromatic N) is 6. The van der Waals surface area contributed by atoms with E-state index in [1.165, 1.54) is 4.68 Å². The third kappa shape index (κ3) is 3.65. The molecule has 0 bridgehead atoms. The van der Waals surface area contributed by atoms with Crippen molar-refractivity contribution in [3.63, 3.8) is 0 Å². The summed E-state index contributed by atoms with van der Waals surface area (Å²) in [5, 5.41) is 22.9. The number of nitrogens with one attached hydrogen (secondary N) is 2. The number of aromatic nitrogens is 4. The summed E-state index contributed by atoms with van der Waals surface area (Å²) in [5.74, 6) is 0.282. The number of hydrogen-bond acceptors (Lipinski definition) is 6. The van der Waals surface area contributed by atoms with Crippen molar-refractivity contribution in [2.45, 2.75) is 20.3 Å². The first-order valence-electron chi connectivity index (χ1n) is 9.64. The second-order valence-electron chi connectivity index (χ2n) is 7.25. The predicted octanol–water partition coefficient (Wildman–Crippen LogP) is 3.87. The van der Waals surface area contributed by atoms with Gasteiger partial charge in [0.15, 0.2) is 5.84 Å². The number of hydrogen-bond donors (Lipinski definition) is 2. The maximum atomic E-state index is 11.9. The van der Waals surface area contributed by atoms with E-state index in [-0.39, 0.29) is 5.56 Å². The molecule has 32 heavy (non-hydrogen) atoms. The molecule has 0 saturated heterocycles. The molecule has 10 nitrogen and oxygen atoms in total. The number of benzene rings is 1. The number of allylic oxidation sites excluding steroid dienone is 2. The number of carbonyl (C=O) groups is 1. The molecule has 0 unspecified atom stereocenters. The Morgan fingerprint density at radius 2 is 1.97 bits per heavy atom. The normalized spacial score (nSPS) is 14.4. The lowest BCUT2D eigenvalue weighted by Gasteiger charge is -2.07. The SMILES string of the molecule is Cc1nn(C(/C=C2\Cc3c(-c4ccc(Cl)cc4)nn(C)c3N2)=N/C=N)c(C)c1C(=O)N=O. The lowest BCUT2D eigenvalue weighted by molar-refractivity contribution is 0.0999. The molecule has 162 valence electrons. The molecule has 0 saturated carbocycles. The number of aliphatic imine (C=N–C) groups is 1. The van der Waals surface area contributed by atoms with Crippen LogP contribution in [0, 0.1) is 24.2 Å². The van der Waals surface area contributed by atoms with Crippen molar-refractivity contribution >= 4 is 35.5 Å². The fourth-order valence-corrected chi connectivity index (χ4v) is 3.93. The van der Waals surface area contributed by atoms with E-state index in [0.717, 1.165) is 34.7 Å². The molecule has 11 heteroatoms. The summed E-state index contributed by atoms with van der Waals surface area (Å²) in [6.45, 7) is 3.26. The van der Waals surface area contributed by atoms with Crippen molar-refractivity contribution in [1.29, 1.82) is 5.41 Å². The first-order valence-corrected chi connectivity index (χ1v) is 10.0. The summed E-state index contributed by atoms with van der Waals surface area (Å²) >= 11 is 6.01. The highest BCUT2D eigenvalue weighted by atomic mass is 35.5. The van der Waals surface area contributed by atoms with Crippen LogP contribution in [-0.2, 0) is 13.5 Å². The van der Waals surface area contributed by atoms with E-state index in [4.69, 9.17) is 17.0 Å². The first-order chi connectivity index (χ1) is 15.3. The minimum absolute atomic E-state index is 0.132. The topological polar surface area (TPSA) is 130 Å². The van der Waals surface area contributed by atoms with E-state index >= 15 is 0 Å². The molecule has 1 aromatic carbocycles. The van der Waals surface area contributed by atoms with Gasteiger partial charge in [0, 0.05) is 46.6 Å². The second kappa shape index (κ2) is 8.31. The Labute approximate surface area is 188 Å². The van der Waals surface area contributed by atoms with Crippen LogP contribution in [-0.4, -0.2) is 37.6 Å². The van der Waals surface area contributed by atoms with E-state index in [1.54, 1.807) is 24.6 Å². The monoisotopic (exact) mass is 450 g/mol. The van der Waals surface area contributed by atoms with Crippen molar-refractivity contribution < 1.29 is 4.79 Å². The average molecular weight is 451 g/mol. The predicted molar refractivity (Wildman–Crippen MR) is 123 cm³/mol. The molecule has 1 aliphatic heterocycles. The van der Waals surface area contributed by atoms with Crippen LogP contribution in [0.2, 0.25) is 5.02 Å². The van der Waals surface area contributed by atoms with E-state index in [1.807, 2.05) is 31.3 Å². The summed E-state index contributed by atoms with van der Waals surface area (Å²) in [6, 6.07) is 7.48. The van der Waals surface area contributed by atoms with Gasteiger partial charge in [-0.2, -0.15) is 10.2 Å². The zero-order chi connectivity index (χ0) is 23.0. The molecule has 0 fully saturated rings. The Bertz CT molecular complexity index is 1310. The van der Waals surface area contributed by atoms with Gasteiger partial charge < -0.3 is 5.32 Å². The molecule has 0 radical (unpaired) electrons. The number of fused-ring (bicyclic) bond motifs is 1. The molecule has 0 spiro atoms. The summed E-state index contributed by atoms with van der Waals surface area (Å²) < 4.78 is 3.19. The summed E-state index contributed by atoms with van der Waals surface area (Å²) in [5.41, 5.74) is 4.54. The number of nitroso groups, excluding NO2 is 1. The van der Waals surface area contributed by atoms with Crippen molar-refractivity contribution in [3.8, 4) is 11.3 Å². The van der Waals surface area contributed by atoms with Gasteiger partial charge in [0.25, 0.3) is 0 Å². The third-order valence-corrected chi connectivity index (χ3v) is 5.47. The van der Waals surface area contributed by atoms with Crippen molar-refractivity contribution in [3.05, 3.63) is 68.5 Å². The van der Waals surface area contributed by atoms with E-state index < -0.39 is 5.91 Å². The van der Waals surface area contributed by atoms with Crippen LogP contribution in [0.25, 0.3) is 11.3 Å². The van der Waals surface area contributed by atoms with Gasteiger partial charge in [0.05, 0.1) is 22.6 Å². The van der Waals surface area contributed by atoms with Gasteiger partial charge >= 0.3 is 5.91 Å². The molecule has 1 aliphatic rings. The van der Waals surface area contributed by atoms with Gasteiger partial charge in [-0.05, 0) is 26.0 Å². The quantitative estimate of drug-likeness (QED) is 0.354. The standard InChI is InChI=1S/C21H19ClN8O2/c1-11-18(21(31)28-32)12(2)30(26-11)17(24-10-23)9-15-8-16-19(27-29(3)20(16)25-15)13-4-6-14(22)7-5-13/h4-7,9-10,23,25H,8H2,1-3H3/b15-9+,23-10?,24-17+. The van der Waals surface area contributed by atoms with Crippen molar-refractivity contribution in [2.24, 2.45) is 17.2 Å². The fraction of sp³-hybridized carbons (Fsp3) is 0.190. The van der Waals surface area contributed by atoms with Gasteiger partial charge in [-0.1, -0.05) is 23.7 Å². The van der Waals surface area contributed by atoms with Gasteiger partial charge in [0.2, 0.25) is 0 Å². The molecule has 3 aromatic rings. The van der Waals surface area contributed by atoms with Gasteiger partial charge in [-0.15, -0.1) is 4.91 Å². The highest BCUT2D eigenvalue weighted by Crippen LogP contribution is 2.36. The van der Waals surface area contributed by atoms with Gasteiger partial charge in [0.1, 0.15) is 12.2 Å². The highest BCUT2D eigenvalue weighted by molar-refractivity contribution is 6.30. The smallest absolute Gasteiger partial charge is 0.320 e. The molecule has 2 N–H and O–H groups in total. The molecular weight excluding hydrogens is 432 g/mol. The molecule has 0 aliphatic carbocycles. The third-order valence-electron chi connectivity index (χ3n) is 5.21. The number of rotatable bonds is 4. The Morgan fingerprint density at radius 1 is 1.25 bits per heavy atom. The van der Waals surface area contributed by atoms with E-state index in [9.17, 15) is 9.70 Å². The first kappa shape index (κ1) is 21.3. The Kier molecular flexibility index (Phi) is 5.54. The van der Waals surface area contributed by atoms with Crippen LogP contribution in [0.4, 0.5) is 5.82 Å². The minimum atomic E-state index is -0.891. The Morgan fingerprint density at radius 3 is 2.62 bits per heavy atom. The lowest BCUT2D eigenvalue weighted by atomic mass is 10.1. The van der Waals surface area contributed by atoms with Gasteiger partial charge in [-0.25, -0.2) is 9.67 Å². The molecule has 1 amide bonds. The molecule has 0 atom stereocenters. The highest BCUT2D eigenvalue weighted by Gasteiger charge is 2.26. The molecule has 2 aromatic heterocycles. The Balaban J connectivity index is 1.72. The van der Waals surface area contributed by atoms with Crippen LogP contribution in [0.3, 0.4) is 0 Å². The van der Waals surface area contributed by atoms with Crippen LogP contribution in [0.15, 0.2) is 46.2 Å². The number of carbonyl (C=O) groups excluding carboxylic acids is 1. The van der Waals surface area contributed by atoms with Gasteiger partial charge in [-0.3, -0.25) is 14.9 Å². The van der Waals surface area contributed by atoms with Crippen molar-refractivity contribution in [1.82, 2.24) is 19.6 Å². The van der Waals surface area contributed by atoms with Crippen LogP contribution >= 0.6 is 11.6 Å². The summed E-state index contributed by atoms with van der Waals surface area (Å²) in [7, 11) is 1.85. The maximum Gasteiger partial charge on any atom is 0.320 e. The fourth-order valence-electron chi connectivity index (χ4n) is 3.80. The molecule has 4 rings (SSSR count). The maximum absolute atomic E-state index is 11.9. The zero-order valence-corrected chi connectivity index (χ0v) is 18.3. The molecule has 3 heterocycles. The largest absolute Gasteiger partial charge is 0.343 e. The molecular formula is C21H19ClN8O2. The summed E-state index contributed by atoms with van der Waals surface area (Å²) in [4.78, 5) is 26.7. The Hall–Kier alpha value is -3.92. The average Bonchev–Trinajstić information content (AvgIpc) is 3.41. The van der Waals surface area contributed by atoms with Crippen LogP contribution in [0.1, 0.15) is 27.3 Å². The lowest BCUT2D eigenvalue weighted by Crippen LogP contribution is -2.16. The summed E-state index contributed by atoms with van der Waals surface area (Å²) in [6.07, 6.45) is 3.20. The number of aryl methyl sites for hydroxylation is 2. The number of amides is 1. The zero-order valence-electron chi connectivity index (χ0n) is 17.5. The van der Waals surface area contributed by atoms with E-state index in [2.05, 4.69) is 25.7 Å². The number of anilines is 1. The van der Waals surface area contributed by atoms with Crippen LogP contribution < -0.4 is 5.32 Å². The van der Waals surface area contributed by atoms with Crippen molar-refractivity contribution in [2.75, 3.05) is 5.32 Å². The minimum Gasteiger partial charge on any atom is -0.343 e. The van der Waals surface area contributed by atoms with E-state index in [0.29, 0.717) is 28.7 Å². The van der Waals surface area contributed by atoms with Crippen LogP contribution in [0.5, 0.6) is 0 Å². The second-order valence-corrected chi connectivity index (χ2v) is 7.68. The number of halogens is 1.